The first-order chi connectivity index (χ1) is 9.62. The fourth-order valence-electron chi connectivity index (χ4n) is 1.59. The minimum absolute atomic E-state index is 0.180. The van der Waals surface area contributed by atoms with Gasteiger partial charge in [-0.3, -0.25) is 9.59 Å². The van der Waals surface area contributed by atoms with Crippen LogP contribution in [0.5, 0.6) is 0 Å². The van der Waals surface area contributed by atoms with Gasteiger partial charge >= 0.3 is 5.97 Å². The van der Waals surface area contributed by atoms with Gasteiger partial charge in [0.1, 0.15) is 5.82 Å². The second-order valence-electron chi connectivity index (χ2n) is 4.28. The molecule has 0 bridgehead atoms. The van der Waals surface area contributed by atoms with E-state index in [-0.39, 0.29) is 18.5 Å². The molecule has 1 aromatic rings. The Labute approximate surface area is 123 Å². The predicted molar refractivity (Wildman–Crippen MR) is 77.6 cm³/mol. The van der Waals surface area contributed by atoms with E-state index in [1.54, 1.807) is 0 Å². The van der Waals surface area contributed by atoms with E-state index >= 15 is 0 Å². The first kappa shape index (κ1) is 19.3. The van der Waals surface area contributed by atoms with E-state index in [0.29, 0.717) is 0 Å². The number of hydrogen-bond donors (Lipinski definition) is 1. The Morgan fingerprint density at radius 1 is 1.43 bits per heavy atom. The quantitative estimate of drug-likeness (QED) is 0.880. The number of aryl methyl sites for hydroxylation is 2. The Hall–Kier alpha value is -1.70. The number of rotatable bonds is 5. The third-order valence-corrected chi connectivity index (χ3v) is 4.16. The summed E-state index contributed by atoms with van der Waals surface area (Å²) in [6.45, 7) is 5.25. The fourth-order valence-corrected chi connectivity index (χ4v) is 2.49. The molecule has 8 heteroatoms. The van der Waals surface area contributed by atoms with E-state index in [9.17, 15) is 22.4 Å². The second kappa shape index (κ2) is 7.92. The number of nitrogens with zero attached hydrogens (tertiary/aromatic N) is 1. The largest absolute Gasteiger partial charge is 0.480 e. The molecule has 0 radical (unpaired) electrons. The van der Waals surface area contributed by atoms with Crippen molar-refractivity contribution in [3.63, 3.8) is 0 Å². The lowest BCUT2D eigenvalue weighted by atomic mass is 10.2. The number of pyridine rings is 1. The predicted octanol–water partition coefficient (Wildman–Crippen LogP) is 1.21. The average molecular weight is 321 g/mol. The van der Waals surface area contributed by atoms with Crippen LogP contribution < -0.4 is 5.56 Å². The summed E-state index contributed by atoms with van der Waals surface area (Å²) in [4.78, 5) is 22.4. The molecule has 0 aliphatic heterocycles. The van der Waals surface area contributed by atoms with Crippen LogP contribution in [0.3, 0.4) is 0 Å². The molecule has 21 heavy (non-hydrogen) atoms. The van der Waals surface area contributed by atoms with Gasteiger partial charge in [0.05, 0.1) is 0 Å². The van der Waals surface area contributed by atoms with Crippen LogP contribution in [-0.4, -0.2) is 35.6 Å². The van der Waals surface area contributed by atoms with Crippen molar-refractivity contribution in [1.29, 1.82) is 0 Å². The number of halogens is 1. The third kappa shape index (κ3) is 5.66. The van der Waals surface area contributed by atoms with Gasteiger partial charge in [0.15, 0.2) is 15.1 Å². The Morgan fingerprint density at radius 3 is 2.38 bits per heavy atom. The summed E-state index contributed by atoms with van der Waals surface area (Å²) in [6, 6.07) is 1.07. The lowest BCUT2D eigenvalue weighted by molar-refractivity contribution is -0.136. The summed E-state index contributed by atoms with van der Waals surface area (Å²) in [5.74, 6) is -2.09. The zero-order valence-electron chi connectivity index (χ0n) is 12.5. The zero-order chi connectivity index (χ0) is 16.8. The summed E-state index contributed by atoms with van der Waals surface area (Å²) < 4.78 is 36.8. The van der Waals surface area contributed by atoms with Gasteiger partial charge in [-0.05, 0) is 18.9 Å². The molecule has 0 aliphatic carbocycles. The molecule has 1 aromatic heterocycles. The molecule has 1 unspecified atom stereocenters. The van der Waals surface area contributed by atoms with Gasteiger partial charge in [-0.15, -0.1) is 0 Å². The molecule has 0 aliphatic rings. The lowest BCUT2D eigenvalue weighted by Gasteiger charge is -2.12. The van der Waals surface area contributed by atoms with Crippen LogP contribution in [-0.2, 0) is 21.2 Å². The Bertz CT molecular complexity index is 651. The standard InChI is InChI=1S/C11H14FNO5S.C2H6/c1-7-5-10(14)13(6-8(7)12)4-3-9(11(15)16)19(2,17)18;1-2/h5-6,9H,3-4H2,1-2H3,(H,15,16);1-2H3. The Morgan fingerprint density at radius 2 is 1.95 bits per heavy atom. The number of carboxylic acids is 1. The van der Waals surface area contributed by atoms with Crippen LogP contribution >= 0.6 is 0 Å². The molecule has 0 spiro atoms. The highest BCUT2D eigenvalue weighted by molar-refractivity contribution is 7.92. The van der Waals surface area contributed by atoms with E-state index < -0.39 is 32.4 Å². The lowest BCUT2D eigenvalue weighted by Crippen LogP contribution is -2.32. The fraction of sp³-hybridized carbons (Fsp3) is 0.538. The number of aromatic nitrogens is 1. The van der Waals surface area contributed by atoms with Gasteiger partial charge in [-0.2, -0.15) is 0 Å². The number of sulfone groups is 1. The van der Waals surface area contributed by atoms with E-state index in [0.717, 1.165) is 23.1 Å². The molecule has 0 saturated carbocycles. The van der Waals surface area contributed by atoms with Crippen molar-refractivity contribution in [2.45, 2.75) is 39.0 Å². The van der Waals surface area contributed by atoms with Crippen molar-refractivity contribution in [1.82, 2.24) is 4.57 Å². The van der Waals surface area contributed by atoms with Crippen LogP contribution in [0.15, 0.2) is 17.1 Å². The SMILES string of the molecule is CC.Cc1cc(=O)n(CCC(C(=O)O)S(C)(=O)=O)cc1F. The first-order valence-electron chi connectivity index (χ1n) is 6.41. The second-order valence-corrected chi connectivity index (χ2v) is 6.51. The van der Waals surface area contributed by atoms with Gasteiger partial charge in [0.2, 0.25) is 0 Å². The van der Waals surface area contributed by atoms with Gasteiger partial charge in [-0.1, -0.05) is 13.8 Å². The average Bonchev–Trinajstić information content (AvgIpc) is 2.36. The van der Waals surface area contributed by atoms with Crippen molar-refractivity contribution >= 4 is 15.8 Å². The minimum Gasteiger partial charge on any atom is -0.480 e. The first-order valence-corrected chi connectivity index (χ1v) is 8.36. The molecule has 1 rings (SSSR count). The van der Waals surface area contributed by atoms with E-state index in [1.807, 2.05) is 13.8 Å². The van der Waals surface area contributed by atoms with Gasteiger partial charge in [-0.25, -0.2) is 12.8 Å². The van der Waals surface area contributed by atoms with Crippen LogP contribution in [0.4, 0.5) is 4.39 Å². The molecule has 0 amide bonds. The van der Waals surface area contributed by atoms with E-state index in [2.05, 4.69) is 0 Å². The van der Waals surface area contributed by atoms with Crippen molar-refractivity contribution in [2.24, 2.45) is 0 Å². The highest BCUT2D eigenvalue weighted by Crippen LogP contribution is 2.08. The highest BCUT2D eigenvalue weighted by Gasteiger charge is 2.28. The molecular weight excluding hydrogens is 301 g/mol. The number of carboxylic acid groups (broad SMARTS) is 1. The van der Waals surface area contributed by atoms with Crippen molar-refractivity contribution in [3.8, 4) is 0 Å². The molecule has 1 N–H and O–H groups in total. The smallest absolute Gasteiger partial charge is 0.321 e. The van der Waals surface area contributed by atoms with Gasteiger partial charge < -0.3 is 9.67 Å². The molecule has 0 saturated heterocycles. The summed E-state index contributed by atoms with van der Waals surface area (Å²) in [5, 5.41) is 7.21. The maximum Gasteiger partial charge on any atom is 0.321 e. The van der Waals surface area contributed by atoms with E-state index in [4.69, 9.17) is 5.11 Å². The van der Waals surface area contributed by atoms with Crippen LogP contribution in [0.1, 0.15) is 25.8 Å². The van der Waals surface area contributed by atoms with Gasteiger partial charge in [0, 0.05) is 25.1 Å². The summed E-state index contributed by atoms with van der Waals surface area (Å²) >= 11 is 0. The number of aliphatic carboxylic acids is 1. The van der Waals surface area contributed by atoms with Crippen molar-refractivity contribution < 1.29 is 22.7 Å². The Balaban J connectivity index is 0.00000191. The Kier molecular flexibility index (Phi) is 7.28. The summed E-state index contributed by atoms with van der Waals surface area (Å²) in [6.07, 6.45) is 1.46. The van der Waals surface area contributed by atoms with Crippen LogP contribution in [0, 0.1) is 12.7 Å². The maximum atomic E-state index is 13.3. The molecule has 6 nitrogen and oxygen atoms in total. The van der Waals surface area contributed by atoms with Crippen LogP contribution in [0.25, 0.3) is 0 Å². The normalized spacial score (nSPS) is 12.2. The molecule has 1 atom stereocenters. The number of carbonyl (C=O) groups is 1. The highest BCUT2D eigenvalue weighted by atomic mass is 32.2. The topological polar surface area (TPSA) is 93.4 Å². The monoisotopic (exact) mass is 321 g/mol. The minimum atomic E-state index is -3.77. The molecule has 0 fully saturated rings. The van der Waals surface area contributed by atoms with Crippen molar-refractivity contribution in [3.05, 3.63) is 34.0 Å². The summed E-state index contributed by atoms with van der Waals surface area (Å²) in [5.41, 5.74) is -0.323. The molecule has 1 heterocycles. The van der Waals surface area contributed by atoms with Crippen LogP contribution in [0.2, 0.25) is 0 Å². The summed E-state index contributed by atoms with van der Waals surface area (Å²) in [7, 11) is -3.77. The molecule has 120 valence electrons. The zero-order valence-corrected chi connectivity index (χ0v) is 13.3. The molecule has 0 aromatic carbocycles. The van der Waals surface area contributed by atoms with Gasteiger partial charge in [0.25, 0.3) is 5.56 Å². The van der Waals surface area contributed by atoms with Crippen molar-refractivity contribution in [2.75, 3.05) is 6.26 Å². The van der Waals surface area contributed by atoms with E-state index in [1.165, 1.54) is 6.92 Å². The third-order valence-electron chi connectivity index (χ3n) is 2.69. The number of hydrogen-bond acceptors (Lipinski definition) is 4. The molecular formula is C13H20FNO5S. The maximum absolute atomic E-state index is 13.3.